The smallest absolute Gasteiger partial charge is 0.231 e. The van der Waals surface area contributed by atoms with E-state index in [0.717, 1.165) is 11.1 Å². The van der Waals surface area contributed by atoms with Crippen molar-refractivity contribution in [1.29, 1.82) is 0 Å². The van der Waals surface area contributed by atoms with Crippen molar-refractivity contribution in [2.24, 2.45) is 0 Å². The highest BCUT2D eigenvalue weighted by Gasteiger charge is 2.33. The fraction of sp³-hybridized carbons (Fsp3) is 0.125. The van der Waals surface area contributed by atoms with Crippen molar-refractivity contribution >= 4 is 11.9 Å². The number of Topliss-reactive ketones (excluding diaryl/α,β-unsaturated/α-hetero) is 1. The summed E-state index contributed by atoms with van der Waals surface area (Å²) < 4.78 is 38.9. The first kappa shape index (κ1) is 18.5. The number of halogens is 2. The molecule has 0 saturated carbocycles. The Hall–Kier alpha value is -3.51. The van der Waals surface area contributed by atoms with Gasteiger partial charge in [0, 0.05) is 18.7 Å². The molecule has 0 aliphatic carbocycles. The molecule has 0 amide bonds. The summed E-state index contributed by atoms with van der Waals surface area (Å²) in [6, 6.07) is 16.0. The summed E-state index contributed by atoms with van der Waals surface area (Å²) in [5.41, 5.74) is 2.44. The standard InChI is InChI=1S/C24H17F2NO3/c25-17-7-5-15(6-8-17)12-27-13-19-21(29-14-27)10-9-18-23(28)22(30-24(18)19)11-16-3-1-2-4-20(16)26/h1-11H,12-14H2/b22-11-. The van der Waals surface area contributed by atoms with Crippen LogP contribution >= 0.6 is 0 Å². The van der Waals surface area contributed by atoms with Gasteiger partial charge in [-0.05, 0) is 42.0 Å². The quantitative estimate of drug-likeness (QED) is 0.579. The van der Waals surface area contributed by atoms with Crippen molar-refractivity contribution in [3.05, 3.63) is 100 Å². The van der Waals surface area contributed by atoms with Crippen LogP contribution in [0.1, 0.15) is 27.0 Å². The number of benzene rings is 3. The van der Waals surface area contributed by atoms with Gasteiger partial charge in [0.15, 0.2) is 5.76 Å². The SMILES string of the molecule is O=C1/C(=C/c2ccccc2F)Oc2c1ccc1c2CN(Cc2ccc(F)cc2)CO1. The molecule has 0 aromatic heterocycles. The zero-order valence-electron chi connectivity index (χ0n) is 15.9. The van der Waals surface area contributed by atoms with E-state index in [9.17, 15) is 13.6 Å². The zero-order valence-corrected chi connectivity index (χ0v) is 15.9. The molecule has 0 N–H and O–H groups in total. The van der Waals surface area contributed by atoms with Crippen LogP contribution in [0.15, 0.2) is 66.4 Å². The minimum absolute atomic E-state index is 0.0826. The van der Waals surface area contributed by atoms with E-state index >= 15 is 0 Å². The van der Waals surface area contributed by atoms with Crippen LogP contribution in [0.3, 0.4) is 0 Å². The molecule has 2 heterocycles. The highest BCUT2D eigenvalue weighted by molar-refractivity contribution is 6.15. The second-order valence-electron chi connectivity index (χ2n) is 7.27. The number of rotatable bonds is 3. The van der Waals surface area contributed by atoms with Crippen LogP contribution in [0.25, 0.3) is 6.08 Å². The van der Waals surface area contributed by atoms with Crippen molar-refractivity contribution in [2.45, 2.75) is 13.1 Å². The van der Waals surface area contributed by atoms with E-state index in [-0.39, 0.29) is 22.9 Å². The molecule has 0 atom stereocenters. The summed E-state index contributed by atoms with van der Waals surface area (Å²) in [6.45, 7) is 1.44. The van der Waals surface area contributed by atoms with Crippen LogP contribution in [-0.2, 0) is 13.1 Å². The summed E-state index contributed by atoms with van der Waals surface area (Å²) in [5.74, 6) is 0.199. The average molecular weight is 405 g/mol. The molecule has 0 saturated heterocycles. The van der Waals surface area contributed by atoms with Gasteiger partial charge in [-0.25, -0.2) is 8.78 Å². The Balaban J connectivity index is 1.43. The van der Waals surface area contributed by atoms with Gasteiger partial charge in [-0.3, -0.25) is 9.69 Å². The lowest BCUT2D eigenvalue weighted by molar-refractivity contribution is 0.0872. The average Bonchev–Trinajstić information content (AvgIpc) is 3.07. The molecule has 0 fully saturated rings. The van der Waals surface area contributed by atoms with Gasteiger partial charge in [-0.15, -0.1) is 0 Å². The van der Waals surface area contributed by atoms with Crippen LogP contribution in [-0.4, -0.2) is 17.4 Å². The summed E-state index contributed by atoms with van der Waals surface area (Å²) in [5, 5.41) is 0. The largest absolute Gasteiger partial charge is 0.478 e. The first-order valence-corrected chi connectivity index (χ1v) is 9.53. The molecule has 150 valence electrons. The number of ether oxygens (including phenoxy) is 2. The first-order chi connectivity index (χ1) is 14.6. The predicted molar refractivity (Wildman–Crippen MR) is 107 cm³/mol. The Morgan fingerprint density at radius 2 is 1.80 bits per heavy atom. The summed E-state index contributed by atoms with van der Waals surface area (Å²) in [6.07, 6.45) is 1.42. The van der Waals surface area contributed by atoms with Crippen molar-refractivity contribution in [3.63, 3.8) is 0 Å². The fourth-order valence-electron chi connectivity index (χ4n) is 3.69. The van der Waals surface area contributed by atoms with E-state index < -0.39 is 5.82 Å². The van der Waals surface area contributed by atoms with Crippen LogP contribution in [0.4, 0.5) is 8.78 Å². The Morgan fingerprint density at radius 1 is 1.00 bits per heavy atom. The zero-order chi connectivity index (χ0) is 20.7. The minimum atomic E-state index is -0.423. The molecule has 5 rings (SSSR count). The maximum Gasteiger partial charge on any atom is 0.231 e. The van der Waals surface area contributed by atoms with Gasteiger partial charge in [0.05, 0.1) is 11.1 Å². The Bertz CT molecular complexity index is 1170. The number of carbonyl (C=O) groups excluding carboxylic acids is 1. The third-order valence-corrected chi connectivity index (χ3v) is 5.19. The topological polar surface area (TPSA) is 38.8 Å². The van der Waals surface area contributed by atoms with E-state index in [1.165, 1.54) is 24.3 Å². The normalized spacial score (nSPS) is 16.7. The number of allylic oxidation sites excluding steroid dienone is 1. The second-order valence-corrected chi connectivity index (χ2v) is 7.27. The molecule has 0 bridgehead atoms. The Morgan fingerprint density at radius 3 is 2.60 bits per heavy atom. The third kappa shape index (κ3) is 3.35. The van der Waals surface area contributed by atoms with Gasteiger partial charge in [-0.2, -0.15) is 0 Å². The fourth-order valence-corrected chi connectivity index (χ4v) is 3.69. The van der Waals surface area contributed by atoms with Crippen molar-refractivity contribution in [2.75, 3.05) is 6.73 Å². The molecule has 3 aromatic rings. The predicted octanol–water partition coefficient (Wildman–Crippen LogP) is 4.93. The summed E-state index contributed by atoms with van der Waals surface area (Å²) >= 11 is 0. The molecule has 0 radical (unpaired) electrons. The highest BCUT2D eigenvalue weighted by atomic mass is 19.1. The van der Waals surface area contributed by atoms with E-state index in [1.54, 1.807) is 42.5 Å². The molecule has 3 aromatic carbocycles. The molecule has 4 nitrogen and oxygen atoms in total. The van der Waals surface area contributed by atoms with Crippen LogP contribution in [0.2, 0.25) is 0 Å². The molecular weight excluding hydrogens is 388 g/mol. The van der Waals surface area contributed by atoms with Gasteiger partial charge >= 0.3 is 0 Å². The van der Waals surface area contributed by atoms with E-state index in [4.69, 9.17) is 9.47 Å². The summed E-state index contributed by atoms with van der Waals surface area (Å²) in [7, 11) is 0. The molecule has 2 aliphatic rings. The molecule has 0 spiro atoms. The van der Waals surface area contributed by atoms with Gasteiger partial charge in [-0.1, -0.05) is 30.3 Å². The molecule has 2 aliphatic heterocycles. The molecule has 30 heavy (non-hydrogen) atoms. The lowest BCUT2D eigenvalue weighted by Gasteiger charge is -2.29. The number of hydrogen-bond acceptors (Lipinski definition) is 4. The van der Waals surface area contributed by atoms with Gasteiger partial charge < -0.3 is 9.47 Å². The number of carbonyl (C=O) groups is 1. The Kier molecular flexibility index (Phi) is 4.56. The minimum Gasteiger partial charge on any atom is -0.478 e. The third-order valence-electron chi connectivity index (χ3n) is 5.19. The van der Waals surface area contributed by atoms with Crippen molar-refractivity contribution < 1.29 is 23.0 Å². The van der Waals surface area contributed by atoms with E-state index in [1.807, 2.05) is 4.90 Å². The second kappa shape index (κ2) is 7.39. The van der Waals surface area contributed by atoms with Crippen LogP contribution in [0.5, 0.6) is 11.5 Å². The lowest BCUT2D eigenvalue weighted by atomic mass is 10.0. The van der Waals surface area contributed by atoms with E-state index in [0.29, 0.717) is 36.9 Å². The molecular formula is C24H17F2NO3. The lowest BCUT2D eigenvalue weighted by Crippen LogP contribution is -2.31. The van der Waals surface area contributed by atoms with Crippen molar-refractivity contribution in [3.8, 4) is 11.5 Å². The van der Waals surface area contributed by atoms with E-state index in [2.05, 4.69) is 0 Å². The molecule has 0 unspecified atom stereocenters. The number of ketones is 1. The van der Waals surface area contributed by atoms with Crippen LogP contribution < -0.4 is 9.47 Å². The number of fused-ring (bicyclic) bond motifs is 3. The Labute approximate surface area is 172 Å². The van der Waals surface area contributed by atoms with Gasteiger partial charge in [0.1, 0.15) is 29.9 Å². The maximum absolute atomic E-state index is 14.0. The van der Waals surface area contributed by atoms with Crippen molar-refractivity contribution in [1.82, 2.24) is 4.90 Å². The number of nitrogens with zero attached hydrogens (tertiary/aromatic N) is 1. The first-order valence-electron chi connectivity index (χ1n) is 9.53. The molecule has 6 heteroatoms. The highest BCUT2D eigenvalue weighted by Crippen LogP contribution is 2.42. The monoisotopic (exact) mass is 405 g/mol. The number of hydrogen-bond donors (Lipinski definition) is 0. The maximum atomic E-state index is 14.0. The van der Waals surface area contributed by atoms with Gasteiger partial charge in [0.25, 0.3) is 0 Å². The van der Waals surface area contributed by atoms with Crippen LogP contribution in [0, 0.1) is 11.6 Å². The van der Waals surface area contributed by atoms with Gasteiger partial charge in [0.2, 0.25) is 5.78 Å². The summed E-state index contributed by atoms with van der Waals surface area (Å²) in [4.78, 5) is 14.8.